The van der Waals surface area contributed by atoms with E-state index in [9.17, 15) is 5.11 Å². The van der Waals surface area contributed by atoms with Gasteiger partial charge in [0.1, 0.15) is 5.75 Å². The molecule has 1 aromatic carbocycles. The van der Waals surface area contributed by atoms with Crippen molar-refractivity contribution in [1.29, 1.82) is 0 Å². The molecule has 0 fully saturated rings. The third-order valence-corrected chi connectivity index (χ3v) is 3.54. The highest BCUT2D eigenvalue weighted by molar-refractivity contribution is 5.31. The molecule has 0 unspecified atom stereocenters. The molecule has 0 heterocycles. The highest BCUT2D eigenvalue weighted by Crippen LogP contribution is 2.18. The number of aromatic hydroxyl groups is 1. The molecule has 1 rings (SSSR count). The van der Waals surface area contributed by atoms with Crippen molar-refractivity contribution in [3.63, 3.8) is 0 Å². The Morgan fingerprint density at radius 2 is 1.33 bits per heavy atom. The minimum Gasteiger partial charge on any atom is -0.508 e. The molecule has 0 atom stereocenters. The van der Waals surface area contributed by atoms with Crippen LogP contribution in [0.4, 0.5) is 0 Å². The van der Waals surface area contributed by atoms with E-state index in [0.29, 0.717) is 5.75 Å². The molecular formula is C17H28O. The minimum absolute atomic E-state index is 0.456. The van der Waals surface area contributed by atoms with Crippen molar-refractivity contribution in [1.82, 2.24) is 0 Å². The summed E-state index contributed by atoms with van der Waals surface area (Å²) in [4.78, 5) is 0. The van der Waals surface area contributed by atoms with Gasteiger partial charge in [-0.2, -0.15) is 0 Å². The molecular weight excluding hydrogens is 220 g/mol. The molecule has 0 amide bonds. The zero-order valence-electron chi connectivity index (χ0n) is 11.8. The summed E-state index contributed by atoms with van der Waals surface area (Å²) in [5.41, 5.74) is 1.10. The van der Waals surface area contributed by atoms with Crippen molar-refractivity contribution in [2.24, 2.45) is 0 Å². The van der Waals surface area contributed by atoms with Crippen LogP contribution in [0.5, 0.6) is 5.75 Å². The van der Waals surface area contributed by atoms with Gasteiger partial charge in [0.25, 0.3) is 0 Å². The fourth-order valence-electron chi connectivity index (χ4n) is 2.35. The molecule has 0 aliphatic heterocycles. The molecule has 0 saturated carbocycles. The number of unbranched alkanes of at least 4 members (excludes halogenated alkanes) is 8. The average molecular weight is 248 g/mol. The zero-order valence-corrected chi connectivity index (χ0v) is 11.8. The second-order valence-electron chi connectivity index (χ2n) is 5.21. The van der Waals surface area contributed by atoms with Crippen molar-refractivity contribution in [3.05, 3.63) is 29.8 Å². The van der Waals surface area contributed by atoms with Crippen molar-refractivity contribution in [3.8, 4) is 5.75 Å². The largest absolute Gasteiger partial charge is 0.508 e. The van der Waals surface area contributed by atoms with E-state index in [4.69, 9.17) is 0 Å². The van der Waals surface area contributed by atoms with E-state index >= 15 is 0 Å². The highest BCUT2D eigenvalue weighted by atomic mass is 16.3. The van der Waals surface area contributed by atoms with Crippen LogP contribution in [-0.4, -0.2) is 5.11 Å². The highest BCUT2D eigenvalue weighted by Gasteiger charge is 1.99. The quantitative estimate of drug-likeness (QED) is 0.545. The summed E-state index contributed by atoms with van der Waals surface area (Å²) in [6.07, 6.45) is 13.2. The molecule has 18 heavy (non-hydrogen) atoms. The zero-order chi connectivity index (χ0) is 13.1. The van der Waals surface area contributed by atoms with E-state index in [1.165, 1.54) is 57.8 Å². The van der Waals surface area contributed by atoms with E-state index in [-0.39, 0.29) is 0 Å². The molecule has 0 aromatic heterocycles. The van der Waals surface area contributed by atoms with Crippen molar-refractivity contribution in [2.45, 2.75) is 71.1 Å². The number of hydrogen-bond acceptors (Lipinski definition) is 1. The Bertz CT molecular complexity index is 306. The van der Waals surface area contributed by atoms with E-state index < -0.39 is 0 Å². The Hall–Kier alpha value is -0.980. The van der Waals surface area contributed by atoms with Crippen molar-refractivity contribution in [2.75, 3.05) is 0 Å². The van der Waals surface area contributed by atoms with E-state index in [1.807, 2.05) is 18.2 Å². The van der Waals surface area contributed by atoms with Gasteiger partial charge in [-0.15, -0.1) is 0 Å². The second kappa shape index (κ2) is 9.99. The maximum atomic E-state index is 9.63. The van der Waals surface area contributed by atoms with Crippen LogP contribution in [-0.2, 0) is 6.42 Å². The summed E-state index contributed by atoms with van der Waals surface area (Å²) in [5, 5.41) is 9.63. The topological polar surface area (TPSA) is 20.2 Å². The molecule has 1 N–H and O–H groups in total. The summed E-state index contributed by atoms with van der Waals surface area (Å²) in [6, 6.07) is 7.70. The first-order valence-electron chi connectivity index (χ1n) is 7.61. The van der Waals surface area contributed by atoms with Crippen LogP contribution in [0.3, 0.4) is 0 Å². The standard InChI is InChI=1S/C17H28O/c1-2-3-4-5-6-7-8-9-10-13-16-14-11-12-15-17(16)18/h11-12,14-15,18H,2-10,13H2,1H3. The Morgan fingerprint density at radius 3 is 1.94 bits per heavy atom. The van der Waals surface area contributed by atoms with Gasteiger partial charge in [0.05, 0.1) is 0 Å². The number of para-hydroxylation sites is 1. The second-order valence-corrected chi connectivity index (χ2v) is 5.21. The van der Waals surface area contributed by atoms with Crippen LogP contribution in [0.1, 0.15) is 70.3 Å². The molecule has 0 bridgehead atoms. The van der Waals surface area contributed by atoms with Gasteiger partial charge in [0.15, 0.2) is 0 Å². The van der Waals surface area contributed by atoms with Crippen LogP contribution in [0, 0.1) is 0 Å². The van der Waals surface area contributed by atoms with E-state index in [1.54, 1.807) is 6.07 Å². The van der Waals surface area contributed by atoms with E-state index in [0.717, 1.165) is 12.0 Å². The Morgan fingerprint density at radius 1 is 0.778 bits per heavy atom. The lowest BCUT2D eigenvalue weighted by Gasteiger charge is -2.04. The fraction of sp³-hybridized carbons (Fsp3) is 0.647. The van der Waals surface area contributed by atoms with Gasteiger partial charge in [-0.25, -0.2) is 0 Å². The Kier molecular flexibility index (Phi) is 8.37. The molecule has 1 heteroatoms. The molecule has 1 nitrogen and oxygen atoms in total. The van der Waals surface area contributed by atoms with Gasteiger partial charge in [0.2, 0.25) is 0 Å². The monoisotopic (exact) mass is 248 g/mol. The number of phenolic OH excluding ortho intramolecular Hbond substituents is 1. The molecule has 0 saturated heterocycles. The number of hydrogen-bond donors (Lipinski definition) is 1. The lowest BCUT2D eigenvalue weighted by molar-refractivity contribution is 0.466. The Labute approximate surface area is 112 Å². The predicted octanol–water partition coefficient (Wildman–Crippen LogP) is 5.47. The number of benzene rings is 1. The molecule has 0 spiro atoms. The fourth-order valence-corrected chi connectivity index (χ4v) is 2.35. The SMILES string of the molecule is CCCCCCCCCCCc1ccccc1O. The summed E-state index contributed by atoms with van der Waals surface area (Å²) in [6.45, 7) is 2.26. The molecule has 0 radical (unpaired) electrons. The van der Waals surface area contributed by atoms with Crippen molar-refractivity contribution < 1.29 is 5.11 Å². The smallest absolute Gasteiger partial charge is 0.118 e. The van der Waals surface area contributed by atoms with Gasteiger partial charge in [-0.3, -0.25) is 0 Å². The Balaban J connectivity index is 1.94. The lowest BCUT2D eigenvalue weighted by atomic mass is 10.0. The maximum Gasteiger partial charge on any atom is 0.118 e. The third kappa shape index (κ3) is 6.68. The summed E-state index contributed by atoms with van der Waals surface area (Å²) in [7, 11) is 0. The first-order chi connectivity index (χ1) is 8.84. The number of phenols is 1. The molecule has 1 aromatic rings. The minimum atomic E-state index is 0.456. The van der Waals surface area contributed by atoms with Gasteiger partial charge in [0, 0.05) is 0 Å². The lowest BCUT2D eigenvalue weighted by Crippen LogP contribution is -1.87. The van der Waals surface area contributed by atoms with Crippen LogP contribution in [0.25, 0.3) is 0 Å². The molecule has 0 aliphatic rings. The maximum absolute atomic E-state index is 9.63. The summed E-state index contributed by atoms with van der Waals surface area (Å²) < 4.78 is 0. The number of aryl methyl sites for hydroxylation is 1. The van der Waals surface area contributed by atoms with Crippen LogP contribution >= 0.6 is 0 Å². The average Bonchev–Trinajstić information content (AvgIpc) is 2.39. The number of rotatable bonds is 10. The first-order valence-corrected chi connectivity index (χ1v) is 7.61. The van der Waals surface area contributed by atoms with Crippen LogP contribution in [0.15, 0.2) is 24.3 Å². The van der Waals surface area contributed by atoms with Crippen LogP contribution in [0.2, 0.25) is 0 Å². The third-order valence-electron chi connectivity index (χ3n) is 3.54. The first kappa shape index (κ1) is 15.1. The molecule has 102 valence electrons. The van der Waals surface area contributed by atoms with Gasteiger partial charge >= 0.3 is 0 Å². The predicted molar refractivity (Wildman–Crippen MR) is 79.0 cm³/mol. The van der Waals surface area contributed by atoms with Gasteiger partial charge < -0.3 is 5.11 Å². The van der Waals surface area contributed by atoms with Gasteiger partial charge in [-0.05, 0) is 24.5 Å². The normalized spacial score (nSPS) is 10.7. The summed E-state index contributed by atoms with van der Waals surface area (Å²) >= 11 is 0. The van der Waals surface area contributed by atoms with Crippen LogP contribution < -0.4 is 0 Å². The van der Waals surface area contributed by atoms with E-state index in [2.05, 4.69) is 6.92 Å². The molecule has 0 aliphatic carbocycles. The van der Waals surface area contributed by atoms with Gasteiger partial charge in [-0.1, -0.05) is 76.5 Å². The van der Waals surface area contributed by atoms with Crippen molar-refractivity contribution >= 4 is 0 Å². The summed E-state index contributed by atoms with van der Waals surface area (Å²) in [5.74, 6) is 0.456.